The number of pyridine rings is 1. The van der Waals surface area contributed by atoms with Crippen LogP contribution in [0.15, 0.2) is 42.6 Å². The van der Waals surface area contributed by atoms with Crippen LogP contribution < -0.4 is 0 Å². The third-order valence-electron chi connectivity index (χ3n) is 2.19. The van der Waals surface area contributed by atoms with E-state index in [4.69, 9.17) is 0 Å². The highest BCUT2D eigenvalue weighted by atomic mass is 19.1. The third kappa shape index (κ3) is 1.51. The van der Waals surface area contributed by atoms with Gasteiger partial charge in [-0.25, -0.2) is 4.39 Å². The van der Waals surface area contributed by atoms with Gasteiger partial charge in [0.05, 0.1) is 5.69 Å². The lowest BCUT2D eigenvalue weighted by molar-refractivity contribution is 0.617. The predicted molar refractivity (Wildman–Crippen MR) is 54.4 cm³/mol. The van der Waals surface area contributed by atoms with E-state index >= 15 is 0 Å². The average molecular weight is 187 g/mol. The Morgan fingerprint density at radius 1 is 1.07 bits per heavy atom. The molecule has 0 saturated carbocycles. The largest absolute Gasteiger partial charge is 0.256 e. The molecule has 1 heterocycles. The lowest BCUT2D eigenvalue weighted by atomic mass is 10.1. The maximum absolute atomic E-state index is 13.2. The first kappa shape index (κ1) is 8.88. The second-order valence-electron chi connectivity index (χ2n) is 3.13. The maximum atomic E-state index is 13.2. The Hall–Kier alpha value is -1.70. The molecule has 0 bridgehead atoms. The Labute approximate surface area is 82.2 Å². The Kier molecular flexibility index (Phi) is 2.27. The summed E-state index contributed by atoms with van der Waals surface area (Å²) in [4.78, 5) is 4.17. The first-order valence-corrected chi connectivity index (χ1v) is 4.45. The van der Waals surface area contributed by atoms with Gasteiger partial charge in [-0.2, -0.15) is 0 Å². The molecule has 0 saturated heterocycles. The zero-order chi connectivity index (χ0) is 9.97. The fraction of sp³-hybridized carbons (Fsp3) is 0.0833. The molecule has 1 nitrogen and oxygen atoms in total. The normalized spacial score (nSPS) is 10.1. The van der Waals surface area contributed by atoms with E-state index in [-0.39, 0.29) is 5.82 Å². The third-order valence-corrected chi connectivity index (χ3v) is 2.19. The van der Waals surface area contributed by atoms with E-state index in [1.807, 2.05) is 30.3 Å². The highest BCUT2D eigenvalue weighted by molar-refractivity contribution is 5.62. The SMILES string of the molecule is Cc1c(F)ccnc1-c1ccccc1. The second-order valence-corrected chi connectivity index (χ2v) is 3.13. The van der Waals surface area contributed by atoms with E-state index in [0.717, 1.165) is 5.56 Å². The molecule has 0 radical (unpaired) electrons. The van der Waals surface area contributed by atoms with Crippen LogP contribution in [0.3, 0.4) is 0 Å². The summed E-state index contributed by atoms with van der Waals surface area (Å²) in [5.41, 5.74) is 2.26. The van der Waals surface area contributed by atoms with Gasteiger partial charge in [-0.15, -0.1) is 0 Å². The van der Waals surface area contributed by atoms with E-state index in [2.05, 4.69) is 4.98 Å². The van der Waals surface area contributed by atoms with Crippen LogP contribution in [0.5, 0.6) is 0 Å². The van der Waals surface area contributed by atoms with Crippen LogP contribution >= 0.6 is 0 Å². The summed E-state index contributed by atoms with van der Waals surface area (Å²) in [6, 6.07) is 11.0. The lowest BCUT2D eigenvalue weighted by Crippen LogP contribution is -1.91. The van der Waals surface area contributed by atoms with Crippen molar-refractivity contribution in [2.45, 2.75) is 6.92 Å². The summed E-state index contributed by atoms with van der Waals surface area (Å²) in [6.07, 6.45) is 1.49. The number of hydrogen-bond donors (Lipinski definition) is 0. The average Bonchev–Trinajstić information content (AvgIpc) is 2.23. The first-order chi connectivity index (χ1) is 6.79. The minimum atomic E-state index is -0.209. The maximum Gasteiger partial charge on any atom is 0.129 e. The minimum Gasteiger partial charge on any atom is -0.256 e. The zero-order valence-electron chi connectivity index (χ0n) is 7.87. The molecule has 0 unspecified atom stereocenters. The van der Waals surface area contributed by atoms with E-state index in [1.165, 1.54) is 12.3 Å². The van der Waals surface area contributed by atoms with Crippen molar-refractivity contribution in [3.8, 4) is 11.3 Å². The van der Waals surface area contributed by atoms with E-state index in [9.17, 15) is 4.39 Å². The van der Waals surface area contributed by atoms with Gasteiger partial charge < -0.3 is 0 Å². The molecule has 14 heavy (non-hydrogen) atoms. The van der Waals surface area contributed by atoms with Gasteiger partial charge in [-0.1, -0.05) is 30.3 Å². The molecule has 0 fully saturated rings. The van der Waals surface area contributed by atoms with Crippen LogP contribution in [0.4, 0.5) is 4.39 Å². The van der Waals surface area contributed by atoms with Crippen LogP contribution in [-0.2, 0) is 0 Å². The Balaban J connectivity index is 2.58. The first-order valence-electron chi connectivity index (χ1n) is 4.45. The molecule has 0 aliphatic heterocycles. The highest BCUT2D eigenvalue weighted by Gasteiger charge is 2.05. The number of rotatable bonds is 1. The van der Waals surface area contributed by atoms with Crippen LogP contribution in [0, 0.1) is 12.7 Å². The predicted octanol–water partition coefficient (Wildman–Crippen LogP) is 3.20. The molecular formula is C12H10FN. The number of aromatic nitrogens is 1. The van der Waals surface area contributed by atoms with Crippen LogP contribution in [0.2, 0.25) is 0 Å². The van der Waals surface area contributed by atoms with Crippen molar-refractivity contribution in [2.75, 3.05) is 0 Å². The standard InChI is InChI=1S/C12H10FN/c1-9-11(13)7-8-14-12(9)10-5-3-2-4-6-10/h2-8H,1H3. The topological polar surface area (TPSA) is 12.9 Å². The van der Waals surface area contributed by atoms with Gasteiger partial charge in [0.25, 0.3) is 0 Å². The quantitative estimate of drug-likeness (QED) is 0.668. The van der Waals surface area contributed by atoms with E-state index in [0.29, 0.717) is 11.3 Å². The Morgan fingerprint density at radius 2 is 1.79 bits per heavy atom. The summed E-state index contributed by atoms with van der Waals surface area (Å²) in [7, 11) is 0. The zero-order valence-corrected chi connectivity index (χ0v) is 7.87. The smallest absolute Gasteiger partial charge is 0.129 e. The molecule has 0 aliphatic carbocycles. The van der Waals surface area contributed by atoms with Crippen LogP contribution in [0.1, 0.15) is 5.56 Å². The molecule has 0 aliphatic rings. The summed E-state index contributed by atoms with van der Waals surface area (Å²) in [5, 5.41) is 0. The molecule has 0 spiro atoms. The van der Waals surface area contributed by atoms with Crippen molar-refractivity contribution in [3.63, 3.8) is 0 Å². The van der Waals surface area contributed by atoms with Gasteiger partial charge in [0.2, 0.25) is 0 Å². The molecule has 0 amide bonds. The van der Waals surface area contributed by atoms with Crippen molar-refractivity contribution in [1.82, 2.24) is 4.98 Å². The fourth-order valence-corrected chi connectivity index (χ4v) is 1.40. The van der Waals surface area contributed by atoms with Gasteiger partial charge in [-0.3, -0.25) is 4.98 Å². The summed E-state index contributed by atoms with van der Waals surface area (Å²) in [5.74, 6) is -0.209. The molecule has 70 valence electrons. The lowest BCUT2D eigenvalue weighted by Gasteiger charge is -2.04. The molecule has 0 atom stereocenters. The van der Waals surface area contributed by atoms with Gasteiger partial charge in [0.1, 0.15) is 5.82 Å². The van der Waals surface area contributed by atoms with Crippen molar-refractivity contribution in [2.24, 2.45) is 0 Å². The molecule has 1 aromatic carbocycles. The van der Waals surface area contributed by atoms with Gasteiger partial charge in [0, 0.05) is 17.3 Å². The van der Waals surface area contributed by atoms with E-state index < -0.39 is 0 Å². The summed E-state index contributed by atoms with van der Waals surface area (Å²) >= 11 is 0. The van der Waals surface area contributed by atoms with Gasteiger partial charge in [0.15, 0.2) is 0 Å². The number of benzene rings is 1. The Morgan fingerprint density at radius 3 is 2.50 bits per heavy atom. The fourth-order valence-electron chi connectivity index (χ4n) is 1.40. The monoisotopic (exact) mass is 187 g/mol. The van der Waals surface area contributed by atoms with Gasteiger partial charge >= 0.3 is 0 Å². The number of hydrogen-bond acceptors (Lipinski definition) is 1. The van der Waals surface area contributed by atoms with Crippen molar-refractivity contribution in [1.29, 1.82) is 0 Å². The summed E-state index contributed by atoms with van der Waals surface area (Å²) < 4.78 is 13.2. The van der Waals surface area contributed by atoms with Crippen molar-refractivity contribution < 1.29 is 4.39 Å². The molecule has 0 N–H and O–H groups in total. The molecular weight excluding hydrogens is 177 g/mol. The summed E-state index contributed by atoms with van der Waals surface area (Å²) in [6.45, 7) is 1.74. The van der Waals surface area contributed by atoms with Crippen molar-refractivity contribution >= 4 is 0 Å². The van der Waals surface area contributed by atoms with Gasteiger partial charge in [-0.05, 0) is 13.0 Å². The van der Waals surface area contributed by atoms with E-state index in [1.54, 1.807) is 6.92 Å². The number of halogens is 1. The van der Waals surface area contributed by atoms with Crippen LogP contribution in [0.25, 0.3) is 11.3 Å². The second kappa shape index (κ2) is 3.58. The number of nitrogens with zero attached hydrogens (tertiary/aromatic N) is 1. The molecule has 2 rings (SSSR count). The van der Waals surface area contributed by atoms with Crippen molar-refractivity contribution in [3.05, 3.63) is 54.0 Å². The molecule has 2 aromatic rings. The molecule has 1 aromatic heterocycles. The minimum absolute atomic E-state index is 0.209. The highest BCUT2D eigenvalue weighted by Crippen LogP contribution is 2.21. The Bertz CT molecular complexity index is 437. The molecule has 2 heteroatoms. The van der Waals surface area contributed by atoms with Crippen LogP contribution in [-0.4, -0.2) is 4.98 Å².